The van der Waals surface area contributed by atoms with Crippen molar-refractivity contribution in [2.75, 3.05) is 13.2 Å². The quantitative estimate of drug-likeness (QED) is 0.257. The maximum atomic E-state index is 13.3. The maximum absolute atomic E-state index is 13.3. The molecule has 1 aliphatic rings. The van der Waals surface area contributed by atoms with E-state index in [9.17, 15) is 35.9 Å². The van der Waals surface area contributed by atoms with E-state index in [1.54, 1.807) is 30.3 Å². The van der Waals surface area contributed by atoms with Crippen LogP contribution in [-0.2, 0) is 37.0 Å². The largest absolute Gasteiger partial charge is 0.465 e. The minimum absolute atomic E-state index is 0.0468. The fourth-order valence-corrected chi connectivity index (χ4v) is 4.06. The predicted octanol–water partition coefficient (Wildman–Crippen LogP) is 6.03. The van der Waals surface area contributed by atoms with Crippen molar-refractivity contribution in [2.24, 2.45) is 11.8 Å². The van der Waals surface area contributed by atoms with Crippen molar-refractivity contribution in [1.82, 2.24) is 5.32 Å². The van der Waals surface area contributed by atoms with Crippen LogP contribution in [0.1, 0.15) is 55.5 Å². The molecule has 0 radical (unpaired) electrons. The first kappa shape index (κ1) is 28.5. The third-order valence-corrected chi connectivity index (χ3v) is 6.06. The molecule has 0 spiro atoms. The van der Waals surface area contributed by atoms with Crippen molar-refractivity contribution in [3.8, 4) is 0 Å². The predicted molar refractivity (Wildman–Crippen MR) is 121 cm³/mol. The Morgan fingerprint density at radius 2 is 1.57 bits per heavy atom. The number of alkyl halides is 6. The average molecular weight is 531 g/mol. The fourth-order valence-electron chi connectivity index (χ4n) is 4.06. The van der Waals surface area contributed by atoms with Gasteiger partial charge in [-0.05, 0) is 48.6 Å². The van der Waals surface area contributed by atoms with Crippen LogP contribution in [0.5, 0.6) is 0 Å². The Morgan fingerprint density at radius 1 is 1.00 bits per heavy atom. The number of halogens is 6. The lowest BCUT2D eigenvalue weighted by Gasteiger charge is -2.31. The molecule has 1 aliphatic heterocycles. The van der Waals surface area contributed by atoms with E-state index in [2.05, 4.69) is 5.32 Å². The topological polar surface area (TPSA) is 64.6 Å². The Morgan fingerprint density at radius 3 is 2.08 bits per heavy atom. The van der Waals surface area contributed by atoms with Crippen LogP contribution in [0.4, 0.5) is 26.3 Å². The number of nitrogens with one attached hydrogen (secondary N) is 1. The minimum Gasteiger partial charge on any atom is -0.465 e. The summed E-state index contributed by atoms with van der Waals surface area (Å²) in [5, 5.41) is 2.76. The van der Waals surface area contributed by atoms with Crippen LogP contribution in [0.15, 0.2) is 48.5 Å². The number of carbonyl (C=O) groups excluding carboxylic acids is 2. The van der Waals surface area contributed by atoms with E-state index in [0.717, 1.165) is 0 Å². The van der Waals surface area contributed by atoms with Crippen molar-refractivity contribution >= 4 is 11.9 Å². The molecular formula is C26H27F6NO4. The number of rotatable bonds is 8. The monoisotopic (exact) mass is 531 g/mol. The van der Waals surface area contributed by atoms with E-state index in [4.69, 9.17) is 9.47 Å². The highest BCUT2D eigenvalue weighted by molar-refractivity contribution is 6.00. The smallest absolute Gasteiger partial charge is 0.416 e. The highest BCUT2D eigenvalue weighted by Gasteiger charge is 2.49. The normalized spacial score (nSPS) is 21.1. The molecule has 0 bridgehead atoms. The SMILES string of the molecule is CC(C)COC(=O)C1C[C@@](CO[C@H](C)c2cc(C(F)(F)F)cc(C(F)(F)F)c2)(c2ccccc2)NC1=O. The van der Waals surface area contributed by atoms with Gasteiger partial charge in [0.1, 0.15) is 5.92 Å². The summed E-state index contributed by atoms with van der Waals surface area (Å²) >= 11 is 0. The van der Waals surface area contributed by atoms with Gasteiger partial charge >= 0.3 is 18.3 Å². The number of hydrogen-bond donors (Lipinski definition) is 1. The number of carbonyl (C=O) groups is 2. The van der Waals surface area contributed by atoms with Crippen molar-refractivity contribution in [3.63, 3.8) is 0 Å². The van der Waals surface area contributed by atoms with Gasteiger partial charge in [-0.25, -0.2) is 0 Å². The second-order valence-electron chi connectivity index (χ2n) is 9.51. The summed E-state index contributed by atoms with van der Waals surface area (Å²) in [5.74, 6) is -2.43. The molecule has 1 saturated heterocycles. The summed E-state index contributed by atoms with van der Waals surface area (Å²) in [4.78, 5) is 25.3. The Bertz CT molecular complexity index is 1080. The third kappa shape index (κ3) is 6.82. The van der Waals surface area contributed by atoms with E-state index in [1.807, 2.05) is 13.8 Å². The Hall–Kier alpha value is -3.08. The molecule has 2 aromatic rings. The molecule has 1 N–H and O–H groups in total. The number of benzene rings is 2. The maximum Gasteiger partial charge on any atom is 0.416 e. The summed E-state index contributed by atoms with van der Waals surface area (Å²) in [6.45, 7) is 4.80. The number of amides is 1. The number of ether oxygens (including phenoxy) is 2. The van der Waals surface area contributed by atoms with Gasteiger partial charge in [-0.15, -0.1) is 0 Å². The Labute approximate surface area is 210 Å². The van der Waals surface area contributed by atoms with Gasteiger partial charge in [-0.3, -0.25) is 9.59 Å². The highest BCUT2D eigenvalue weighted by atomic mass is 19.4. The molecule has 1 amide bonds. The molecule has 0 saturated carbocycles. The van der Waals surface area contributed by atoms with Gasteiger partial charge < -0.3 is 14.8 Å². The molecule has 1 heterocycles. The van der Waals surface area contributed by atoms with Crippen molar-refractivity contribution in [2.45, 2.75) is 51.2 Å². The summed E-state index contributed by atoms with van der Waals surface area (Å²) in [6.07, 6.45) is -11.3. The van der Waals surface area contributed by atoms with E-state index >= 15 is 0 Å². The number of esters is 1. The molecule has 5 nitrogen and oxygen atoms in total. The van der Waals surface area contributed by atoms with Crippen LogP contribution in [0.25, 0.3) is 0 Å². The van der Waals surface area contributed by atoms with Gasteiger partial charge in [0.25, 0.3) is 0 Å². The van der Waals surface area contributed by atoms with Gasteiger partial charge in [-0.1, -0.05) is 44.2 Å². The Balaban J connectivity index is 1.89. The van der Waals surface area contributed by atoms with E-state index in [1.165, 1.54) is 6.92 Å². The molecule has 2 aromatic carbocycles. The third-order valence-electron chi connectivity index (χ3n) is 6.06. The molecule has 37 heavy (non-hydrogen) atoms. The molecule has 1 fully saturated rings. The van der Waals surface area contributed by atoms with Crippen molar-refractivity contribution in [1.29, 1.82) is 0 Å². The van der Waals surface area contributed by atoms with Gasteiger partial charge in [-0.2, -0.15) is 26.3 Å². The first-order chi connectivity index (χ1) is 17.1. The molecule has 0 aliphatic carbocycles. The molecule has 3 rings (SSSR count). The zero-order valence-corrected chi connectivity index (χ0v) is 20.4. The lowest BCUT2D eigenvalue weighted by molar-refractivity contribution is -0.152. The van der Waals surface area contributed by atoms with Crippen LogP contribution in [0, 0.1) is 11.8 Å². The lowest BCUT2D eigenvalue weighted by Crippen LogP contribution is -2.43. The van der Waals surface area contributed by atoms with Gasteiger partial charge in [0.05, 0.1) is 36.0 Å². The molecule has 11 heteroatoms. The summed E-state index contributed by atoms with van der Waals surface area (Å²) in [5.41, 5.74) is -3.92. The summed E-state index contributed by atoms with van der Waals surface area (Å²) in [7, 11) is 0. The molecule has 0 aromatic heterocycles. The van der Waals surface area contributed by atoms with Crippen LogP contribution in [0.3, 0.4) is 0 Å². The van der Waals surface area contributed by atoms with Gasteiger partial charge in [0.2, 0.25) is 5.91 Å². The first-order valence-electron chi connectivity index (χ1n) is 11.6. The van der Waals surface area contributed by atoms with E-state index in [0.29, 0.717) is 17.7 Å². The molecule has 1 unspecified atom stereocenters. The molecule has 3 atom stereocenters. The average Bonchev–Trinajstić information content (AvgIpc) is 3.17. The van der Waals surface area contributed by atoms with E-state index < -0.39 is 52.9 Å². The lowest BCUT2D eigenvalue weighted by atomic mass is 9.86. The molecule has 202 valence electrons. The van der Waals surface area contributed by atoms with Crippen LogP contribution in [-0.4, -0.2) is 25.1 Å². The van der Waals surface area contributed by atoms with Gasteiger partial charge in [0.15, 0.2) is 0 Å². The second-order valence-corrected chi connectivity index (χ2v) is 9.51. The summed E-state index contributed by atoms with van der Waals surface area (Å²) in [6, 6.07) is 9.74. The molecular weight excluding hydrogens is 504 g/mol. The minimum atomic E-state index is -5.00. The standard InChI is InChI=1S/C26H27F6NO4/c1-15(2)13-36-23(35)21-12-24(33-22(21)34,18-7-5-4-6-8-18)14-37-16(3)17-9-19(25(27,28)29)11-20(10-17)26(30,31)32/h4-11,15-16,21H,12-14H2,1-3H3,(H,33,34)/t16-,21?,24-/m1/s1. The van der Waals surface area contributed by atoms with Crippen LogP contribution >= 0.6 is 0 Å². The van der Waals surface area contributed by atoms with Crippen LogP contribution < -0.4 is 5.32 Å². The first-order valence-corrected chi connectivity index (χ1v) is 11.6. The summed E-state index contributed by atoms with van der Waals surface area (Å²) < 4.78 is 90.7. The van der Waals surface area contributed by atoms with Crippen molar-refractivity contribution < 1.29 is 45.4 Å². The highest BCUT2D eigenvalue weighted by Crippen LogP contribution is 2.40. The van der Waals surface area contributed by atoms with E-state index in [-0.39, 0.29) is 37.2 Å². The number of hydrogen-bond acceptors (Lipinski definition) is 4. The fraction of sp³-hybridized carbons (Fsp3) is 0.462. The van der Waals surface area contributed by atoms with Crippen molar-refractivity contribution in [3.05, 3.63) is 70.8 Å². The van der Waals surface area contributed by atoms with Crippen LogP contribution in [0.2, 0.25) is 0 Å². The zero-order chi connectivity index (χ0) is 27.6. The Kier molecular flexibility index (Phi) is 8.26. The zero-order valence-electron chi connectivity index (χ0n) is 20.4. The second kappa shape index (κ2) is 10.7. The van der Waals surface area contributed by atoms with Gasteiger partial charge in [0, 0.05) is 0 Å².